The minimum Gasteiger partial charge on any atom is -0.444 e. The van der Waals surface area contributed by atoms with Gasteiger partial charge in [-0.05, 0) is 18.2 Å². The van der Waals surface area contributed by atoms with E-state index in [-0.39, 0.29) is 6.61 Å². The molecule has 2 aromatic carbocycles. The van der Waals surface area contributed by atoms with Crippen molar-refractivity contribution in [1.82, 2.24) is 4.37 Å². The lowest BCUT2D eigenvalue weighted by Crippen LogP contribution is -1.89. The van der Waals surface area contributed by atoms with E-state index in [1.807, 2.05) is 48.5 Å². The van der Waals surface area contributed by atoms with Crippen LogP contribution in [0.15, 0.2) is 48.5 Å². The first kappa shape index (κ1) is 11.2. The molecule has 1 aromatic heterocycles. The molecule has 0 spiro atoms. The summed E-state index contributed by atoms with van der Waals surface area (Å²) in [6.45, 7) is -0.0348. The number of rotatable bonds is 3. The summed E-state index contributed by atoms with van der Waals surface area (Å²) in [5.41, 5.74) is 1.70. The Morgan fingerprint density at radius 1 is 1.06 bits per heavy atom. The van der Waals surface area contributed by atoms with E-state index in [1.165, 1.54) is 11.5 Å². The van der Waals surface area contributed by atoms with Crippen molar-refractivity contribution in [3.8, 4) is 10.8 Å². The SMILES string of the molecule is OCc1ccccc1Oc1snc2ccccc12. The van der Waals surface area contributed by atoms with Gasteiger partial charge in [-0.25, -0.2) is 0 Å². The molecular weight excluding hydrogens is 246 g/mol. The summed E-state index contributed by atoms with van der Waals surface area (Å²) in [6.07, 6.45) is 0. The average Bonchev–Trinajstić information content (AvgIpc) is 2.83. The van der Waals surface area contributed by atoms with Gasteiger partial charge < -0.3 is 9.84 Å². The number of para-hydroxylation sites is 1. The molecule has 4 heteroatoms. The molecule has 3 nitrogen and oxygen atoms in total. The average molecular weight is 257 g/mol. The van der Waals surface area contributed by atoms with Gasteiger partial charge in [0, 0.05) is 17.1 Å². The van der Waals surface area contributed by atoms with Crippen LogP contribution in [0.1, 0.15) is 5.56 Å². The zero-order chi connectivity index (χ0) is 12.4. The summed E-state index contributed by atoms with van der Waals surface area (Å²) in [7, 11) is 0. The number of aliphatic hydroxyl groups excluding tert-OH is 1. The molecule has 3 rings (SSSR count). The normalized spacial score (nSPS) is 10.7. The molecule has 1 N–H and O–H groups in total. The van der Waals surface area contributed by atoms with E-state index in [2.05, 4.69) is 4.37 Å². The fourth-order valence-electron chi connectivity index (χ4n) is 1.77. The Bertz CT molecular complexity index is 678. The Morgan fingerprint density at radius 3 is 2.72 bits per heavy atom. The maximum atomic E-state index is 9.27. The largest absolute Gasteiger partial charge is 0.444 e. The number of benzene rings is 2. The quantitative estimate of drug-likeness (QED) is 0.779. The molecule has 3 aromatic rings. The molecule has 0 saturated heterocycles. The smallest absolute Gasteiger partial charge is 0.207 e. The summed E-state index contributed by atoms with van der Waals surface area (Å²) in [5, 5.41) is 11.0. The van der Waals surface area contributed by atoms with Crippen molar-refractivity contribution in [3.63, 3.8) is 0 Å². The van der Waals surface area contributed by atoms with Crippen LogP contribution in [0.2, 0.25) is 0 Å². The summed E-state index contributed by atoms with van der Waals surface area (Å²) >= 11 is 1.32. The van der Waals surface area contributed by atoms with Crippen molar-refractivity contribution in [2.24, 2.45) is 0 Å². The summed E-state index contributed by atoms with van der Waals surface area (Å²) in [4.78, 5) is 0. The van der Waals surface area contributed by atoms with Gasteiger partial charge in [-0.1, -0.05) is 30.3 Å². The monoisotopic (exact) mass is 257 g/mol. The lowest BCUT2D eigenvalue weighted by Gasteiger charge is -2.07. The van der Waals surface area contributed by atoms with Crippen LogP contribution in [-0.4, -0.2) is 9.48 Å². The van der Waals surface area contributed by atoms with E-state index in [1.54, 1.807) is 0 Å². The Balaban J connectivity index is 2.01. The lowest BCUT2D eigenvalue weighted by molar-refractivity contribution is 0.277. The van der Waals surface area contributed by atoms with E-state index < -0.39 is 0 Å². The lowest BCUT2D eigenvalue weighted by atomic mass is 10.2. The third-order valence-electron chi connectivity index (χ3n) is 2.70. The number of aliphatic hydroxyl groups is 1. The van der Waals surface area contributed by atoms with Crippen molar-refractivity contribution >= 4 is 22.4 Å². The summed E-state index contributed by atoms with van der Waals surface area (Å²) < 4.78 is 10.2. The van der Waals surface area contributed by atoms with Crippen LogP contribution in [0.5, 0.6) is 10.8 Å². The molecular formula is C14H11NO2S. The Hall–Kier alpha value is -1.91. The molecule has 0 radical (unpaired) electrons. The van der Waals surface area contributed by atoms with Gasteiger partial charge in [-0.3, -0.25) is 0 Å². The minimum absolute atomic E-state index is 0.0348. The minimum atomic E-state index is -0.0348. The van der Waals surface area contributed by atoms with Crippen LogP contribution in [0.4, 0.5) is 0 Å². The van der Waals surface area contributed by atoms with Crippen LogP contribution < -0.4 is 4.74 Å². The fraction of sp³-hybridized carbons (Fsp3) is 0.0714. The topological polar surface area (TPSA) is 42.4 Å². The second-order valence-corrected chi connectivity index (χ2v) is 4.59. The Morgan fingerprint density at radius 2 is 1.83 bits per heavy atom. The number of aromatic nitrogens is 1. The molecule has 0 amide bonds. The number of ether oxygens (including phenoxy) is 1. The van der Waals surface area contributed by atoms with Crippen LogP contribution in [0.25, 0.3) is 10.9 Å². The van der Waals surface area contributed by atoms with Gasteiger partial charge in [0.2, 0.25) is 5.06 Å². The Labute approximate surface area is 108 Å². The van der Waals surface area contributed by atoms with E-state index >= 15 is 0 Å². The van der Waals surface area contributed by atoms with Crippen molar-refractivity contribution in [2.45, 2.75) is 6.61 Å². The van der Waals surface area contributed by atoms with Crippen LogP contribution >= 0.6 is 11.5 Å². The first-order chi connectivity index (χ1) is 8.88. The fourth-order valence-corrected chi connectivity index (χ4v) is 2.51. The van der Waals surface area contributed by atoms with Gasteiger partial charge in [0.1, 0.15) is 5.75 Å². The third-order valence-corrected chi connectivity index (χ3v) is 3.45. The molecule has 0 unspecified atom stereocenters. The highest BCUT2D eigenvalue weighted by Crippen LogP contribution is 2.34. The van der Waals surface area contributed by atoms with Gasteiger partial charge >= 0.3 is 0 Å². The van der Waals surface area contributed by atoms with Crippen molar-refractivity contribution in [2.75, 3.05) is 0 Å². The number of fused-ring (bicyclic) bond motifs is 1. The molecule has 1 heterocycles. The zero-order valence-electron chi connectivity index (χ0n) is 9.54. The molecule has 0 fully saturated rings. The molecule has 0 atom stereocenters. The Kier molecular flexibility index (Phi) is 2.96. The van der Waals surface area contributed by atoms with Gasteiger partial charge in [0.25, 0.3) is 0 Å². The molecule has 18 heavy (non-hydrogen) atoms. The zero-order valence-corrected chi connectivity index (χ0v) is 10.4. The van der Waals surface area contributed by atoms with E-state index in [0.717, 1.165) is 21.5 Å². The second kappa shape index (κ2) is 4.76. The third kappa shape index (κ3) is 1.96. The van der Waals surface area contributed by atoms with Crippen LogP contribution in [0, 0.1) is 0 Å². The van der Waals surface area contributed by atoms with Gasteiger partial charge in [-0.15, -0.1) is 0 Å². The van der Waals surface area contributed by atoms with Gasteiger partial charge in [-0.2, -0.15) is 4.37 Å². The van der Waals surface area contributed by atoms with Crippen molar-refractivity contribution in [3.05, 3.63) is 54.1 Å². The second-order valence-electron chi connectivity index (χ2n) is 3.86. The summed E-state index contributed by atoms with van der Waals surface area (Å²) in [5.74, 6) is 0.675. The predicted octanol–water partition coefficient (Wildman–Crippen LogP) is 3.58. The van der Waals surface area contributed by atoms with E-state index in [4.69, 9.17) is 4.74 Å². The van der Waals surface area contributed by atoms with E-state index in [9.17, 15) is 5.11 Å². The predicted molar refractivity (Wildman–Crippen MR) is 72.1 cm³/mol. The maximum absolute atomic E-state index is 9.27. The van der Waals surface area contributed by atoms with Gasteiger partial charge in [0.05, 0.1) is 17.5 Å². The molecule has 0 bridgehead atoms. The number of nitrogens with zero attached hydrogens (tertiary/aromatic N) is 1. The first-order valence-electron chi connectivity index (χ1n) is 5.59. The molecule has 0 aliphatic rings. The molecule has 90 valence electrons. The highest BCUT2D eigenvalue weighted by molar-refractivity contribution is 7.09. The first-order valence-corrected chi connectivity index (χ1v) is 6.37. The van der Waals surface area contributed by atoms with E-state index in [0.29, 0.717) is 5.75 Å². The standard InChI is InChI=1S/C14H11NO2S/c16-9-10-5-1-4-8-13(10)17-14-11-6-2-3-7-12(11)15-18-14/h1-8,16H,9H2. The molecule has 0 aliphatic carbocycles. The maximum Gasteiger partial charge on any atom is 0.207 e. The van der Waals surface area contributed by atoms with Crippen molar-refractivity contribution in [1.29, 1.82) is 0 Å². The molecule has 0 saturated carbocycles. The van der Waals surface area contributed by atoms with Crippen LogP contribution in [0.3, 0.4) is 0 Å². The number of hydrogen-bond acceptors (Lipinski definition) is 4. The molecule has 0 aliphatic heterocycles. The highest BCUT2D eigenvalue weighted by atomic mass is 32.1. The van der Waals surface area contributed by atoms with Crippen molar-refractivity contribution < 1.29 is 9.84 Å². The summed E-state index contributed by atoms with van der Waals surface area (Å²) in [6, 6.07) is 15.3. The highest BCUT2D eigenvalue weighted by Gasteiger charge is 2.09. The number of hydrogen-bond donors (Lipinski definition) is 1. The van der Waals surface area contributed by atoms with Crippen LogP contribution in [-0.2, 0) is 6.61 Å². The van der Waals surface area contributed by atoms with Gasteiger partial charge in [0.15, 0.2) is 0 Å².